The molecule has 0 spiro atoms. The molecule has 0 aliphatic carbocycles. The van der Waals surface area contributed by atoms with Gasteiger partial charge in [-0.25, -0.2) is 0 Å². The fourth-order valence-electron chi connectivity index (χ4n) is 1.66. The maximum atomic E-state index is 6.29. The van der Waals surface area contributed by atoms with Gasteiger partial charge in [0.25, 0.3) is 0 Å². The van der Waals surface area contributed by atoms with E-state index in [1.54, 1.807) is 0 Å². The molecule has 0 saturated heterocycles. The molecular formula is C15H25N. The van der Waals surface area contributed by atoms with Gasteiger partial charge in [0, 0.05) is 5.54 Å². The molecule has 1 aromatic carbocycles. The monoisotopic (exact) mass is 219 g/mol. The normalized spacial score (nSPS) is 15.5. The molecule has 1 nitrogen and oxygen atoms in total. The van der Waals surface area contributed by atoms with Crippen LogP contribution in [-0.2, 0) is 6.42 Å². The summed E-state index contributed by atoms with van der Waals surface area (Å²) < 4.78 is 0. The molecule has 0 aliphatic rings. The number of benzene rings is 1. The Labute approximate surface area is 100 Å². The van der Waals surface area contributed by atoms with Crippen LogP contribution in [-0.4, -0.2) is 5.54 Å². The Morgan fingerprint density at radius 1 is 1.06 bits per heavy atom. The van der Waals surface area contributed by atoms with Gasteiger partial charge in [-0.05, 0) is 36.3 Å². The van der Waals surface area contributed by atoms with Crippen molar-refractivity contribution in [3.05, 3.63) is 35.4 Å². The number of hydrogen-bond acceptors (Lipinski definition) is 1. The van der Waals surface area contributed by atoms with Crippen molar-refractivity contribution in [2.75, 3.05) is 0 Å². The Morgan fingerprint density at radius 3 is 1.94 bits per heavy atom. The van der Waals surface area contributed by atoms with Crippen LogP contribution in [0.2, 0.25) is 0 Å². The third-order valence-corrected chi connectivity index (χ3v) is 3.55. The lowest BCUT2D eigenvalue weighted by Gasteiger charge is -2.29. The average Bonchev–Trinajstić information content (AvgIpc) is 2.17. The lowest BCUT2D eigenvalue weighted by atomic mass is 9.83. The van der Waals surface area contributed by atoms with E-state index >= 15 is 0 Å². The van der Waals surface area contributed by atoms with Crippen molar-refractivity contribution in [1.29, 1.82) is 0 Å². The molecule has 1 aromatic rings. The molecule has 0 amide bonds. The quantitative estimate of drug-likeness (QED) is 0.820. The van der Waals surface area contributed by atoms with E-state index in [-0.39, 0.29) is 5.54 Å². The summed E-state index contributed by atoms with van der Waals surface area (Å²) >= 11 is 0. The number of hydrogen-bond donors (Lipinski definition) is 1. The van der Waals surface area contributed by atoms with Crippen LogP contribution >= 0.6 is 0 Å². The predicted octanol–water partition coefficient (Wildman–Crippen LogP) is 3.73. The van der Waals surface area contributed by atoms with Crippen LogP contribution in [0.1, 0.15) is 51.7 Å². The summed E-state index contributed by atoms with van der Waals surface area (Å²) in [6.45, 7) is 10.9. The first-order valence-corrected chi connectivity index (χ1v) is 6.20. The third kappa shape index (κ3) is 3.34. The Morgan fingerprint density at radius 2 is 1.56 bits per heavy atom. The second kappa shape index (κ2) is 5.01. The fraction of sp³-hybridized carbons (Fsp3) is 0.600. The van der Waals surface area contributed by atoms with Gasteiger partial charge in [-0.3, -0.25) is 0 Å². The number of rotatable bonds is 4. The summed E-state index contributed by atoms with van der Waals surface area (Å²) in [7, 11) is 0. The highest BCUT2D eigenvalue weighted by atomic mass is 14.7. The standard InChI is InChI=1S/C15H25N/c1-11(2)14-8-6-13(7-9-14)10-15(5,16)12(3)4/h6-9,11-12H,10,16H2,1-5H3. The van der Waals surface area contributed by atoms with Crippen LogP contribution < -0.4 is 5.73 Å². The summed E-state index contributed by atoms with van der Waals surface area (Å²) in [6.07, 6.45) is 0.947. The van der Waals surface area contributed by atoms with Gasteiger partial charge in [0.15, 0.2) is 0 Å². The molecule has 1 rings (SSSR count). The van der Waals surface area contributed by atoms with Crippen molar-refractivity contribution in [2.24, 2.45) is 11.7 Å². The van der Waals surface area contributed by atoms with Gasteiger partial charge in [-0.15, -0.1) is 0 Å². The van der Waals surface area contributed by atoms with Crippen LogP contribution in [0, 0.1) is 5.92 Å². The molecule has 0 fully saturated rings. The van der Waals surface area contributed by atoms with E-state index in [9.17, 15) is 0 Å². The Hall–Kier alpha value is -0.820. The van der Waals surface area contributed by atoms with Crippen LogP contribution in [0.4, 0.5) is 0 Å². The molecule has 0 bridgehead atoms. The SMILES string of the molecule is CC(C)c1ccc(CC(C)(N)C(C)C)cc1. The zero-order chi connectivity index (χ0) is 12.3. The Kier molecular flexibility index (Phi) is 4.15. The summed E-state index contributed by atoms with van der Waals surface area (Å²) in [4.78, 5) is 0. The van der Waals surface area contributed by atoms with Crippen LogP contribution in [0.25, 0.3) is 0 Å². The van der Waals surface area contributed by atoms with E-state index in [1.165, 1.54) is 11.1 Å². The van der Waals surface area contributed by atoms with Crippen LogP contribution in [0.15, 0.2) is 24.3 Å². The predicted molar refractivity (Wildman–Crippen MR) is 71.7 cm³/mol. The van der Waals surface area contributed by atoms with E-state index in [4.69, 9.17) is 5.73 Å². The molecule has 16 heavy (non-hydrogen) atoms. The highest BCUT2D eigenvalue weighted by molar-refractivity contribution is 5.26. The lowest BCUT2D eigenvalue weighted by molar-refractivity contribution is 0.338. The largest absolute Gasteiger partial charge is 0.325 e. The molecule has 2 N–H and O–H groups in total. The van der Waals surface area contributed by atoms with E-state index in [0.717, 1.165) is 6.42 Å². The van der Waals surface area contributed by atoms with Gasteiger partial charge in [0.2, 0.25) is 0 Å². The van der Waals surface area contributed by atoms with Crippen molar-refractivity contribution in [2.45, 2.75) is 52.5 Å². The zero-order valence-corrected chi connectivity index (χ0v) is 11.2. The molecular weight excluding hydrogens is 194 g/mol. The molecule has 0 aromatic heterocycles. The Balaban J connectivity index is 2.76. The summed E-state index contributed by atoms with van der Waals surface area (Å²) in [5, 5.41) is 0. The summed E-state index contributed by atoms with van der Waals surface area (Å²) in [5.41, 5.74) is 8.91. The zero-order valence-electron chi connectivity index (χ0n) is 11.2. The highest BCUT2D eigenvalue weighted by Crippen LogP contribution is 2.21. The van der Waals surface area contributed by atoms with Gasteiger partial charge in [0.1, 0.15) is 0 Å². The van der Waals surface area contributed by atoms with Crippen molar-refractivity contribution in [1.82, 2.24) is 0 Å². The first-order valence-electron chi connectivity index (χ1n) is 6.20. The van der Waals surface area contributed by atoms with Crippen LogP contribution in [0.3, 0.4) is 0 Å². The lowest BCUT2D eigenvalue weighted by Crippen LogP contribution is -2.43. The van der Waals surface area contributed by atoms with Gasteiger partial charge >= 0.3 is 0 Å². The minimum Gasteiger partial charge on any atom is -0.325 e. The molecule has 0 aliphatic heterocycles. The highest BCUT2D eigenvalue weighted by Gasteiger charge is 2.23. The molecule has 1 heteroatoms. The van der Waals surface area contributed by atoms with Crippen molar-refractivity contribution >= 4 is 0 Å². The van der Waals surface area contributed by atoms with Crippen molar-refractivity contribution in [3.8, 4) is 0 Å². The summed E-state index contributed by atoms with van der Waals surface area (Å²) in [6, 6.07) is 8.86. The first kappa shape index (κ1) is 13.2. The molecule has 90 valence electrons. The minimum atomic E-state index is -0.112. The minimum absolute atomic E-state index is 0.112. The molecule has 1 unspecified atom stereocenters. The second-order valence-electron chi connectivity index (χ2n) is 5.73. The molecule has 0 heterocycles. The molecule has 1 atom stereocenters. The van der Waals surface area contributed by atoms with Crippen molar-refractivity contribution < 1.29 is 0 Å². The van der Waals surface area contributed by atoms with E-state index in [1.807, 2.05) is 0 Å². The van der Waals surface area contributed by atoms with Crippen molar-refractivity contribution in [3.63, 3.8) is 0 Å². The first-order chi connectivity index (χ1) is 7.33. The summed E-state index contributed by atoms with van der Waals surface area (Å²) in [5.74, 6) is 1.10. The van der Waals surface area contributed by atoms with E-state index in [0.29, 0.717) is 11.8 Å². The van der Waals surface area contributed by atoms with Gasteiger partial charge in [-0.2, -0.15) is 0 Å². The van der Waals surface area contributed by atoms with E-state index in [2.05, 4.69) is 58.9 Å². The van der Waals surface area contributed by atoms with E-state index < -0.39 is 0 Å². The smallest absolute Gasteiger partial charge is 0.0189 e. The topological polar surface area (TPSA) is 26.0 Å². The molecule has 0 radical (unpaired) electrons. The van der Waals surface area contributed by atoms with Gasteiger partial charge in [0.05, 0.1) is 0 Å². The maximum Gasteiger partial charge on any atom is 0.0189 e. The Bertz CT molecular complexity index is 320. The number of nitrogens with two attached hydrogens (primary N) is 1. The second-order valence-corrected chi connectivity index (χ2v) is 5.73. The third-order valence-electron chi connectivity index (χ3n) is 3.55. The maximum absolute atomic E-state index is 6.29. The average molecular weight is 219 g/mol. The fourth-order valence-corrected chi connectivity index (χ4v) is 1.66. The van der Waals surface area contributed by atoms with Crippen LogP contribution in [0.5, 0.6) is 0 Å². The molecule has 0 saturated carbocycles. The van der Waals surface area contributed by atoms with Gasteiger partial charge in [-0.1, -0.05) is 52.0 Å². The van der Waals surface area contributed by atoms with Gasteiger partial charge < -0.3 is 5.73 Å².